The van der Waals surface area contributed by atoms with Gasteiger partial charge in [0.1, 0.15) is 11.9 Å². The summed E-state index contributed by atoms with van der Waals surface area (Å²) in [5.74, 6) is -2.13. The van der Waals surface area contributed by atoms with Crippen LogP contribution in [0.15, 0.2) is 12.3 Å². The number of nitriles is 1. The molecule has 0 amide bonds. The molecule has 1 N–H and O–H groups in total. The minimum Gasteiger partial charge on any atom is -0.478 e. The van der Waals surface area contributed by atoms with Gasteiger partial charge in [-0.25, -0.2) is 14.2 Å². The second kappa shape index (κ2) is 2.96. The van der Waals surface area contributed by atoms with E-state index < -0.39 is 17.3 Å². The van der Waals surface area contributed by atoms with Crippen molar-refractivity contribution in [2.45, 2.75) is 0 Å². The summed E-state index contributed by atoms with van der Waals surface area (Å²) < 4.78 is 12.4. The third-order valence-electron chi connectivity index (χ3n) is 1.19. The van der Waals surface area contributed by atoms with Crippen LogP contribution in [0.2, 0.25) is 0 Å². The number of carbonyl (C=O) groups is 1. The molecule has 1 aromatic heterocycles. The first-order valence-electron chi connectivity index (χ1n) is 2.94. The maximum atomic E-state index is 12.4. The van der Waals surface area contributed by atoms with Crippen molar-refractivity contribution in [2.24, 2.45) is 0 Å². The number of halogens is 1. The monoisotopic (exact) mass is 166 g/mol. The third kappa shape index (κ3) is 1.37. The molecule has 0 aliphatic rings. The van der Waals surface area contributed by atoms with Crippen molar-refractivity contribution in [1.82, 2.24) is 4.98 Å². The third-order valence-corrected chi connectivity index (χ3v) is 1.19. The second-order valence-corrected chi connectivity index (χ2v) is 1.97. The average molecular weight is 166 g/mol. The molecule has 0 unspecified atom stereocenters. The molecule has 0 saturated heterocycles. The predicted molar refractivity (Wildman–Crippen MR) is 35.9 cm³/mol. The number of carboxylic acid groups (broad SMARTS) is 1. The van der Waals surface area contributed by atoms with Crippen LogP contribution in [-0.4, -0.2) is 16.1 Å². The van der Waals surface area contributed by atoms with Gasteiger partial charge in [-0.2, -0.15) is 5.26 Å². The molecule has 0 atom stereocenters. The Morgan fingerprint density at radius 1 is 1.75 bits per heavy atom. The van der Waals surface area contributed by atoms with Crippen LogP contribution in [0.4, 0.5) is 4.39 Å². The van der Waals surface area contributed by atoms with E-state index in [1.807, 2.05) is 0 Å². The van der Waals surface area contributed by atoms with Gasteiger partial charge in [0.05, 0.1) is 11.8 Å². The number of rotatable bonds is 1. The SMILES string of the molecule is N#Cc1ncc(F)cc1C(=O)O. The van der Waals surface area contributed by atoms with Crippen LogP contribution in [0.1, 0.15) is 16.1 Å². The van der Waals surface area contributed by atoms with Crippen molar-refractivity contribution in [3.63, 3.8) is 0 Å². The highest BCUT2D eigenvalue weighted by molar-refractivity contribution is 5.89. The van der Waals surface area contributed by atoms with E-state index in [1.165, 1.54) is 0 Å². The van der Waals surface area contributed by atoms with Crippen LogP contribution in [0.25, 0.3) is 0 Å². The highest BCUT2D eigenvalue weighted by atomic mass is 19.1. The molecule has 0 saturated carbocycles. The Morgan fingerprint density at radius 3 is 2.92 bits per heavy atom. The molecule has 0 aliphatic heterocycles. The van der Waals surface area contributed by atoms with E-state index in [0.717, 1.165) is 12.3 Å². The Labute approximate surface area is 66.9 Å². The molecular formula is C7H3FN2O2. The minimum absolute atomic E-state index is 0.288. The van der Waals surface area contributed by atoms with Gasteiger partial charge in [-0.1, -0.05) is 0 Å². The van der Waals surface area contributed by atoms with Crippen molar-refractivity contribution in [3.8, 4) is 6.07 Å². The van der Waals surface area contributed by atoms with Crippen LogP contribution >= 0.6 is 0 Å². The summed E-state index contributed by atoms with van der Waals surface area (Å²) in [6.45, 7) is 0. The standard InChI is InChI=1S/C7H3FN2O2/c8-4-1-5(7(11)12)6(2-9)10-3-4/h1,3H,(H,11,12). The molecule has 0 fully saturated rings. The minimum atomic E-state index is -1.36. The van der Waals surface area contributed by atoms with E-state index in [2.05, 4.69) is 4.98 Å². The first kappa shape index (κ1) is 8.14. The molecular weight excluding hydrogens is 163 g/mol. The van der Waals surface area contributed by atoms with Gasteiger partial charge in [0.2, 0.25) is 0 Å². The lowest BCUT2D eigenvalue weighted by atomic mass is 10.2. The summed E-state index contributed by atoms with van der Waals surface area (Å²) in [4.78, 5) is 13.7. The molecule has 0 spiro atoms. The molecule has 0 aliphatic carbocycles. The predicted octanol–water partition coefficient (Wildman–Crippen LogP) is 0.791. The van der Waals surface area contributed by atoms with Crippen molar-refractivity contribution in [1.29, 1.82) is 5.26 Å². The number of aromatic nitrogens is 1. The fourth-order valence-corrected chi connectivity index (χ4v) is 0.691. The summed E-state index contributed by atoms with van der Waals surface area (Å²) >= 11 is 0. The van der Waals surface area contributed by atoms with Gasteiger partial charge in [0.15, 0.2) is 5.69 Å². The van der Waals surface area contributed by atoms with E-state index in [4.69, 9.17) is 10.4 Å². The molecule has 0 bridgehead atoms. The quantitative estimate of drug-likeness (QED) is 0.669. The lowest BCUT2D eigenvalue weighted by molar-refractivity contribution is 0.0695. The number of nitrogens with zero attached hydrogens (tertiary/aromatic N) is 2. The zero-order valence-electron chi connectivity index (χ0n) is 5.78. The van der Waals surface area contributed by atoms with E-state index in [1.54, 1.807) is 6.07 Å². The largest absolute Gasteiger partial charge is 0.478 e. The van der Waals surface area contributed by atoms with Crippen LogP contribution in [0.5, 0.6) is 0 Å². The highest BCUT2D eigenvalue weighted by Gasteiger charge is 2.11. The summed E-state index contributed by atoms with van der Waals surface area (Å²) in [6.07, 6.45) is 0.797. The van der Waals surface area contributed by atoms with Gasteiger partial charge >= 0.3 is 5.97 Å². The Hall–Kier alpha value is -1.96. The molecule has 60 valence electrons. The first-order chi connectivity index (χ1) is 5.65. The molecule has 0 aromatic carbocycles. The molecule has 1 aromatic rings. The topological polar surface area (TPSA) is 74.0 Å². The molecule has 1 rings (SSSR count). The van der Waals surface area contributed by atoms with E-state index in [-0.39, 0.29) is 5.69 Å². The number of pyridine rings is 1. The molecule has 0 radical (unpaired) electrons. The molecule has 1 heterocycles. The smallest absolute Gasteiger partial charge is 0.338 e. The van der Waals surface area contributed by atoms with Gasteiger partial charge in [0.25, 0.3) is 0 Å². The number of hydrogen-bond acceptors (Lipinski definition) is 3. The van der Waals surface area contributed by atoms with Crippen LogP contribution in [0, 0.1) is 17.1 Å². The van der Waals surface area contributed by atoms with E-state index >= 15 is 0 Å². The van der Waals surface area contributed by atoms with Gasteiger partial charge in [-0.05, 0) is 6.07 Å². The Bertz CT molecular complexity index is 370. The number of carboxylic acids is 1. The van der Waals surface area contributed by atoms with E-state index in [0.29, 0.717) is 0 Å². The fraction of sp³-hybridized carbons (Fsp3) is 0. The maximum absolute atomic E-state index is 12.4. The number of aromatic carboxylic acids is 1. The average Bonchev–Trinajstić information content (AvgIpc) is 2.04. The van der Waals surface area contributed by atoms with Crippen molar-refractivity contribution in [3.05, 3.63) is 29.3 Å². The summed E-state index contributed by atoms with van der Waals surface area (Å²) in [5.41, 5.74) is -0.707. The summed E-state index contributed by atoms with van der Waals surface area (Å²) in [6, 6.07) is 2.30. The molecule has 4 nitrogen and oxygen atoms in total. The molecule has 5 heteroatoms. The Kier molecular flexibility index (Phi) is 2.01. The van der Waals surface area contributed by atoms with Crippen LogP contribution in [-0.2, 0) is 0 Å². The first-order valence-corrected chi connectivity index (χ1v) is 2.94. The fourth-order valence-electron chi connectivity index (χ4n) is 0.691. The van der Waals surface area contributed by atoms with Gasteiger partial charge in [-0.3, -0.25) is 0 Å². The van der Waals surface area contributed by atoms with Gasteiger partial charge in [0, 0.05) is 0 Å². The van der Waals surface area contributed by atoms with Crippen LogP contribution < -0.4 is 0 Å². The van der Waals surface area contributed by atoms with Crippen molar-refractivity contribution >= 4 is 5.97 Å². The van der Waals surface area contributed by atoms with Crippen LogP contribution in [0.3, 0.4) is 0 Å². The lowest BCUT2D eigenvalue weighted by Crippen LogP contribution is -2.02. The summed E-state index contributed by atoms with van der Waals surface area (Å²) in [5, 5.41) is 16.8. The van der Waals surface area contributed by atoms with Gasteiger partial charge in [-0.15, -0.1) is 0 Å². The highest BCUT2D eigenvalue weighted by Crippen LogP contribution is 2.06. The Balaban J connectivity index is 3.34. The zero-order chi connectivity index (χ0) is 9.14. The summed E-state index contributed by atoms with van der Waals surface area (Å²) in [7, 11) is 0. The van der Waals surface area contributed by atoms with Crippen molar-refractivity contribution < 1.29 is 14.3 Å². The second-order valence-electron chi connectivity index (χ2n) is 1.97. The zero-order valence-corrected chi connectivity index (χ0v) is 5.78. The molecule has 12 heavy (non-hydrogen) atoms. The van der Waals surface area contributed by atoms with Gasteiger partial charge < -0.3 is 5.11 Å². The van der Waals surface area contributed by atoms with E-state index in [9.17, 15) is 9.18 Å². The Morgan fingerprint density at radius 2 is 2.42 bits per heavy atom. The lowest BCUT2D eigenvalue weighted by Gasteiger charge is -1.95. The van der Waals surface area contributed by atoms with Crippen molar-refractivity contribution in [2.75, 3.05) is 0 Å². The maximum Gasteiger partial charge on any atom is 0.338 e. The number of hydrogen-bond donors (Lipinski definition) is 1. The normalized spacial score (nSPS) is 9.00.